The minimum Gasteiger partial charge on any atom is -0.296 e. The van der Waals surface area contributed by atoms with E-state index in [1.807, 2.05) is 18.2 Å². The number of carbonyl (C=O) groups is 1. The monoisotopic (exact) mass is 263 g/mol. The molecule has 0 spiro atoms. The fourth-order valence-electron chi connectivity index (χ4n) is 2.54. The van der Waals surface area contributed by atoms with Gasteiger partial charge in [0.2, 0.25) is 0 Å². The molecule has 20 heavy (non-hydrogen) atoms. The van der Waals surface area contributed by atoms with Gasteiger partial charge in [0.25, 0.3) is 0 Å². The Bertz CT molecular complexity index is 813. The zero-order valence-electron chi connectivity index (χ0n) is 12.0. The molecule has 0 unspecified atom stereocenters. The number of aldehydes is 1. The maximum atomic E-state index is 11.4. The van der Waals surface area contributed by atoms with Gasteiger partial charge in [-0.25, -0.2) is 4.98 Å². The summed E-state index contributed by atoms with van der Waals surface area (Å²) in [5, 5.41) is 3.12. The lowest BCUT2D eigenvalue weighted by Gasteiger charge is -2.20. The lowest BCUT2D eigenvalue weighted by molar-refractivity contribution is 0.112. The molecule has 0 amide bonds. The number of nitrogens with zero attached hydrogens (tertiary/aromatic N) is 1. The van der Waals surface area contributed by atoms with Gasteiger partial charge >= 0.3 is 0 Å². The van der Waals surface area contributed by atoms with Crippen molar-refractivity contribution in [2.24, 2.45) is 0 Å². The summed E-state index contributed by atoms with van der Waals surface area (Å²) < 4.78 is 0. The summed E-state index contributed by atoms with van der Waals surface area (Å²) in [7, 11) is 0. The van der Waals surface area contributed by atoms with Crippen LogP contribution in [-0.2, 0) is 5.41 Å². The highest BCUT2D eigenvalue weighted by Crippen LogP contribution is 2.30. The largest absolute Gasteiger partial charge is 0.296 e. The van der Waals surface area contributed by atoms with Gasteiger partial charge in [0.05, 0.1) is 5.52 Å². The van der Waals surface area contributed by atoms with Crippen LogP contribution in [0.1, 0.15) is 36.8 Å². The zero-order chi connectivity index (χ0) is 14.3. The van der Waals surface area contributed by atoms with E-state index in [1.54, 1.807) is 0 Å². The highest BCUT2D eigenvalue weighted by molar-refractivity contribution is 6.10. The molecule has 3 aromatic rings. The average Bonchev–Trinajstić information content (AvgIpc) is 2.44. The van der Waals surface area contributed by atoms with Crippen LogP contribution in [0.5, 0.6) is 0 Å². The summed E-state index contributed by atoms with van der Waals surface area (Å²) in [5.74, 6) is 0. The molecule has 0 fully saturated rings. The number of pyridine rings is 1. The third-order valence-corrected chi connectivity index (χ3v) is 3.71. The third-order valence-electron chi connectivity index (χ3n) is 3.71. The van der Waals surface area contributed by atoms with Gasteiger partial charge < -0.3 is 0 Å². The second-order valence-corrected chi connectivity index (χ2v) is 6.14. The molecule has 0 radical (unpaired) electrons. The predicted octanol–water partition coefficient (Wildman–Crippen LogP) is 4.50. The van der Waals surface area contributed by atoms with E-state index in [4.69, 9.17) is 0 Å². The molecule has 3 rings (SSSR count). The van der Waals surface area contributed by atoms with Crippen LogP contribution in [0.2, 0.25) is 0 Å². The Hall–Kier alpha value is -2.22. The van der Waals surface area contributed by atoms with E-state index in [2.05, 4.69) is 50.0 Å². The number of para-hydroxylation sites is 1. The zero-order valence-corrected chi connectivity index (χ0v) is 12.0. The van der Waals surface area contributed by atoms with Crippen molar-refractivity contribution in [2.75, 3.05) is 0 Å². The fourth-order valence-corrected chi connectivity index (χ4v) is 2.54. The normalized spacial score (nSPS) is 11.9. The molecule has 0 aliphatic rings. The topological polar surface area (TPSA) is 30.0 Å². The van der Waals surface area contributed by atoms with Crippen LogP contribution >= 0.6 is 0 Å². The first-order valence-corrected chi connectivity index (χ1v) is 6.79. The molecule has 100 valence electrons. The van der Waals surface area contributed by atoms with E-state index < -0.39 is 0 Å². The Labute approximate surface area is 118 Å². The molecule has 0 bridgehead atoms. The first kappa shape index (κ1) is 12.8. The highest BCUT2D eigenvalue weighted by atomic mass is 16.1. The van der Waals surface area contributed by atoms with Gasteiger partial charge in [0.15, 0.2) is 6.29 Å². The number of rotatable bonds is 1. The molecule has 0 atom stereocenters. The second-order valence-electron chi connectivity index (χ2n) is 6.14. The molecular formula is C18H17NO. The third kappa shape index (κ3) is 1.97. The number of hydrogen-bond donors (Lipinski definition) is 0. The van der Waals surface area contributed by atoms with Gasteiger partial charge in [-0.05, 0) is 28.5 Å². The Kier molecular flexibility index (Phi) is 2.82. The van der Waals surface area contributed by atoms with Crippen LogP contribution in [-0.4, -0.2) is 11.3 Å². The summed E-state index contributed by atoms with van der Waals surface area (Å²) in [4.78, 5) is 15.8. The number of fused-ring (bicyclic) bond motifs is 3. The van der Waals surface area contributed by atoms with Crippen molar-refractivity contribution in [3.05, 3.63) is 53.7 Å². The maximum Gasteiger partial charge on any atom is 0.169 e. The lowest BCUT2D eigenvalue weighted by atomic mass is 9.85. The van der Waals surface area contributed by atoms with Gasteiger partial charge in [-0.2, -0.15) is 0 Å². The Morgan fingerprint density at radius 2 is 1.70 bits per heavy atom. The van der Waals surface area contributed by atoms with E-state index in [-0.39, 0.29) is 5.41 Å². The van der Waals surface area contributed by atoms with Gasteiger partial charge in [-0.15, -0.1) is 0 Å². The van der Waals surface area contributed by atoms with Crippen molar-refractivity contribution in [2.45, 2.75) is 26.2 Å². The van der Waals surface area contributed by atoms with E-state index >= 15 is 0 Å². The van der Waals surface area contributed by atoms with E-state index in [9.17, 15) is 4.79 Å². The molecule has 2 nitrogen and oxygen atoms in total. The fraction of sp³-hybridized carbons (Fsp3) is 0.222. The second kappa shape index (κ2) is 4.41. The molecule has 0 saturated heterocycles. The summed E-state index contributed by atoms with van der Waals surface area (Å²) in [6.45, 7) is 6.51. The van der Waals surface area contributed by atoms with Crippen LogP contribution in [0.25, 0.3) is 21.7 Å². The van der Waals surface area contributed by atoms with E-state index in [1.165, 1.54) is 5.56 Å². The van der Waals surface area contributed by atoms with Crippen molar-refractivity contribution < 1.29 is 4.79 Å². The van der Waals surface area contributed by atoms with Gasteiger partial charge in [-0.1, -0.05) is 51.1 Å². The highest BCUT2D eigenvalue weighted by Gasteiger charge is 2.16. The minimum absolute atomic E-state index is 0.0555. The number of carbonyl (C=O) groups excluding carboxylic acids is 1. The van der Waals surface area contributed by atoms with Crippen molar-refractivity contribution in [1.29, 1.82) is 0 Å². The van der Waals surface area contributed by atoms with Crippen LogP contribution in [0.3, 0.4) is 0 Å². The smallest absolute Gasteiger partial charge is 0.169 e. The van der Waals surface area contributed by atoms with Crippen LogP contribution in [0.4, 0.5) is 0 Å². The van der Waals surface area contributed by atoms with Crippen LogP contribution < -0.4 is 0 Å². The van der Waals surface area contributed by atoms with E-state index in [0.29, 0.717) is 5.69 Å². The van der Waals surface area contributed by atoms with Crippen molar-refractivity contribution >= 4 is 28.0 Å². The number of benzene rings is 2. The van der Waals surface area contributed by atoms with Gasteiger partial charge in [0, 0.05) is 10.8 Å². The molecule has 1 heterocycles. The molecule has 2 aromatic carbocycles. The summed E-state index contributed by atoms with van der Waals surface area (Å²) in [6.07, 6.45) is 0.848. The molecule has 1 aromatic heterocycles. The van der Waals surface area contributed by atoms with Crippen molar-refractivity contribution in [3.8, 4) is 0 Å². The van der Waals surface area contributed by atoms with E-state index in [0.717, 1.165) is 28.0 Å². The van der Waals surface area contributed by atoms with Crippen LogP contribution in [0.15, 0.2) is 42.5 Å². The Balaban J connectivity index is 2.45. The molecule has 0 aliphatic heterocycles. The first-order chi connectivity index (χ1) is 9.50. The number of aromatic nitrogens is 1. The Morgan fingerprint density at radius 1 is 0.950 bits per heavy atom. The van der Waals surface area contributed by atoms with Crippen molar-refractivity contribution in [1.82, 2.24) is 4.98 Å². The molecule has 0 N–H and O–H groups in total. The standard InChI is InChI=1S/C18H17NO/c1-18(2,3)12-8-9-13-14-6-4-5-7-16(14)19-17(11-20)15(13)10-12/h4-11H,1-3H3. The van der Waals surface area contributed by atoms with Gasteiger partial charge in [0.1, 0.15) is 5.69 Å². The minimum atomic E-state index is 0.0555. The predicted molar refractivity (Wildman–Crippen MR) is 83.3 cm³/mol. The average molecular weight is 263 g/mol. The maximum absolute atomic E-state index is 11.4. The molecule has 0 aliphatic carbocycles. The van der Waals surface area contributed by atoms with Gasteiger partial charge in [-0.3, -0.25) is 4.79 Å². The number of hydrogen-bond acceptors (Lipinski definition) is 2. The molecular weight excluding hydrogens is 246 g/mol. The van der Waals surface area contributed by atoms with Crippen LogP contribution in [0, 0.1) is 0 Å². The Morgan fingerprint density at radius 3 is 2.40 bits per heavy atom. The summed E-state index contributed by atoms with van der Waals surface area (Å²) >= 11 is 0. The first-order valence-electron chi connectivity index (χ1n) is 6.79. The van der Waals surface area contributed by atoms with Crippen molar-refractivity contribution in [3.63, 3.8) is 0 Å². The molecule has 0 saturated carbocycles. The molecule has 2 heteroatoms. The summed E-state index contributed by atoms with van der Waals surface area (Å²) in [5.41, 5.74) is 2.65. The SMILES string of the molecule is CC(C)(C)c1ccc2c(c1)c(C=O)nc1ccccc12. The lowest BCUT2D eigenvalue weighted by Crippen LogP contribution is -2.11. The summed E-state index contributed by atoms with van der Waals surface area (Å²) in [6, 6.07) is 14.3. The quantitative estimate of drug-likeness (QED) is 0.478.